The van der Waals surface area contributed by atoms with Crippen LogP contribution in [0.25, 0.3) is 5.57 Å². The molecule has 0 saturated heterocycles. The topological polar surface area (TPSA) is 55.4 Å². The van der Waals surface area contributed by atoms with E-state index in [1.165, 1.54) is 19.3 Å². The van der Waals surface area contributed by atoms with Gasteiger partial charge < -0.3 is 4.74 Å². The summed E-state index contributed by atoms with van der Waals surface area (Å²) < 4.78 is 34.1. The van der Waals surface area contributed by atoms with Gasteiger partial charge in [0.05, 0.1) is 17.6 Å². The molecule has 0 bridgehead atoms. The Kier molecular flexibility index (Phi) is 8.28. The van der Waals surface area contributed by atoms with Gasteiger partial charge >= 0.3 is 0 Å². The van der Waals surface area contributed by atoms with Gasteiger partial charge in [-0.2, -0.15) is 0 Å². The minimum atomic E-state index is -3.56. The van der Waals surface area contributed by atoms with E-state index in [1.54, 1.807) is 24.3 Å². The molecule has 2 aromatic rings. The predicted octanol–water partition coefficient (Wildman–Crippen LogP) is 5.77. The van der Waals surface area contributed by atoms with Gasteiger partial charge in [0.1, 0.15) is 0 Å². The zero-order chi connectivity index (χ0) is 22.3. The summed E-state index contributed by atoms with van der Waals surface area (Å²) in [6, 6.07) is 15.1. The van der Waals surface area contributed by atoms with E-state index in [0.717, 1.165) is 40.7 Å². The Balaban J connectivity index is 1.82. The van der Waals surface area contributed by atoms with Gasteiger partial charge in [0.25, 0.3) is 0 Å². The molecule has 0 radical (unpaired) electrons. The van der Waals surface area contributed by atoms with Crippen molar-refractivity contribution in [3.63, 3.8) is 0 Å². The fourth-order valence-electron chi connectivity index (χ4n) is 3.77. The Labute approximate surface area is 187 Å². The van der Waals surface area contributed by atoms with Gasteiger partial charge in [-0.3, -0.25) is 0 Å². The van der Waals surface area contributed by atoms with Crippen LogP contribution in [0.2, 0.25) is 0 Å². The minimum Gasteiger partial charge on any atom is -0.368 e. The summed E-state index contributed by atoms with van der Waals surface area (Å²) in [5.74, 6) is 0. The average molecular weight is 440 g/mol. The number of rotatable bonds is 9. The van der Waals surface area contributed by atoms with Gasteiger partial charge in [-0.25, -0.2) is 13.1 Å². The third kappa shape index (κ3) is 6.41. The fourth-order valence-corrected chi connectivity index (χ4v) is 4.83. The second kappa shape index (κ2) is 10.9. The summed E-state index contributed by atoms with van der Waals surface area (Å²) in [4.78, 5) is 0.277. The summed E-state index contributed by atoms with van der Waals surface area (Å²) in [6.07, 6.45) is 5.71. The van der Waals surface area contributed by atoms with Gasteiger partial charge in [-0.15, -0.1) is 5.73 Å². The second-order valence-electron chi connectivity index (χ2n) is 8.26. The van der Waals surface area contributed by atoms with Crippen molar-refractivity contribution in [2.75, 3.05) is 6.54 Å². The van der Waals surface area contributed by atoms with E-state index in [1.807, 2.05) is 26.0 Å². The van der Waals surface area contributed by atoms with Crippen molar-refractivity contribution >= 4 is 15.6 Å². The van der Waals surface area contributed by atoms with Crippen LogP contribution in [0.3, 0.4) is 0 Å². The van der Waals surface area contributed by atoms with Crippen LogP contribution in [0, 0.1) is 6.92 Å². The Hall–Kier alpha value is -2.17. The fraction of sp³-hybridized carbons (Fsp3) is 0.423. The van der Waals surface area contributed by atoms with Crippen molar-refractivity contribution < 1.29 is 13.2 Å². The van der Waals surface area contributed by atoms with Gasteiger partial charge in [0.15, 0.2) is 0 Å². The molecule has 0 amide bonds. The van der Waals surface area contributed by atoms with Crippen LogP contribution in [0.1, 0.15) is 62.6 Å². The summed E-state index contributed by atoms with van der Waals surface area (Å²) in [5, 5.41) is 0. The molecular weight excluding hydrogens is 406 g/mol. The van der Waals surface area contributed by atoms with E-state index in [0.29, 0.717) is 6.61 Å². The monoisotopic (exact) mass is 439 g/mol. The minimum absolute atomic E-state index is 0.00425. The molecule has 0 aromatic heterocycles. The molecule has 0 saturated carbocycles. The average Bonchev–Trinajstić information content (AvgIpc) is 2.77. The zero-order valence-electron chi connectivity index (χ0n) is 18.8. The van der Waals surface area contributed by atoms with Crippen LogP contribution in [0.15, 0.2) is 64.7 Å². The van der Waals surface area contributed by atoms with Crippen molar-refractivity contribution in [3.8, 4) is 0 Å². The highest BCUT2D eigenvalue weighted by Crippen LogP contribution is 2.32. The SMILES string of the molecule is CCCCCCC1OCc2ccccc2C1=C=C(C)CNS(=O)(=O)c1ccc(C)cc1. The van der Waals surface area contributed by atoms with Crippen LogP contribution < -0.4 is 4.72 Å². The highest BCUT2D eigenvalue weighted by Gasteiger charge is 2.24. The normalized spacial score (nSPS) is 16.0. The van der Waals surface area contributed by atoms with E-state index in [4.69, 9.17) is 4.74 Å². The van der Waals surface area contributed by atoms with Gasteiger partial charge in [0, 0.05) is 12.1 Å². The lowest BCUT2D eigenvalue weighted by molar-refractivity contribution is 0.0643. The number of fused-ring (bicyclic) bond motifs is 1. The molecule has 0 aliphatic carbocycles. The summed E-state index contributed by atoms with van der Waals surface area (Å²) in [7, 11) is -3.56. The molecule has 1 atom stereocenters. The van der Waals surface area contributed by atoms with Gasteiger partial charge in [-0.05, 0) is 49.1 Å². The molecular formula is C26H33NO3S. The maximum absolute atomic E-state index is 12.6. The zero-order valence-corrected chi connectivity index (χ0v) is 19.6. The molecule has 2 aromatic carbocycles. The molecule has 1 heterocycles. The Morgan fingerprint density at radius 2 is 1.84 bits per heavy atom. The largest absolute Gasteiger partial charge is 0.368 e. The number of benzene rings is 2. The van der Waals surface area contributed by atoms with Crippen molar-refractivity contribution in [1.29, 1.82) is 0 Å². The van der Waals surface area contributed by atoms with E-state index >= 15 is 0 Å². The number of hydrogen-bond acceptors (Lipinski definition) is 3. The molecule has 1 unspecified atom stereocenters. The lowest BCUT2D eigenvalue weighted by Gasteiger charge is -2.27. The van der Waals surface area contributed by atoms with Crippen LogP contribution >= 0.6 is 0 Å². The molecule has 0 spiro atoms. The number of nitrogens with one attached hydrogen (secondary N) is 1. The number of sulfonamides is 1. The Morgan fingerprint density at radius 3 is 2.58 bits per heavy atom. The first-order valence-corrected chi connectivity index (χ1v) is 12.6. The maximum Gasteiger partial charge on any atom is 0.240 e. The molecule has 4 nitrogen and oxygen atoms in total. The first kappa shape index (κ1) is 23.5. The van der Waals surface area contributed by atoms with Gasteiger partial charge in [0.2, 0.25) is 10.0 Å². The first-order chi connectivity index (χ1) is 14.9. The molecule has 1 N–H and O–H groups in total. The maximum atomic E-state index is 12.6. The van der Waals surface area contributed by atoms with Crippen LogP contribution in [-0.2, 0) is 21.4 Å². The molecule has 5 heteroatoms. The molecule has 1 aliphatic rings. The van der Waals surface area contributed by atoms with E-state index in [2.05, 4.69) is 29.5 Å². The number of ether oxygens (including phenoxy) is 1. The lowest BCUT2D eigenvalue weighted by Crippen LogP contribution is -2.25. The third-order valence-electron chi connectivity index (χ3n) is 5.60. The van der Waals surface area contributed by atoms with Crippen molar-refractivity contribution in [2.45, 2.75) is 70.5 Å². The Morgan fingerprint density at radius 1 is 1.10 bits per heavy atom. The van der Waals surface area contributed by atoms with Crippen LogP contribution in [-0.4, -0.2) is 21.1 Å². The smallest absolute Gasteiger partial charge is 0.240 e. The molecule has 166 valence electrons. The summed E-state index contributed by atoms with van der Waals surface area (Å²) in [5.41, 5.74) is 8.70. The molecule has 3 rings (SSSR count). The van der Waals surface area contributed by atoms with E-state index < -0.39 is 10.0 Å². The highest BCUT2D eigenvalue weighted by molar-refractivity contribution is 7.89. The number of aryl methyl sites for hydroxylation is 1. The molecule has 0 fully saturated rings. The highest BCUT2D eigenvalue weighted by atomic mass is 32.2. The van der Waals surface area contributed by atoms with E-state index in [9.17, 15) is 8.42 Å². The summed E-state index contributed by atoms with van der Waals surface area (Å²) in [6.45, 7) is 6.88. The van der Waals surface area contributed by atoms with Crippen molar-refractivity contribution in [1.82, 2.24) is 4.72 Å². The standard InChI is InChI=1S/C26H33NO3S/c1-4-5-6-7-12-26-25(24-11-9-8-10-22(24)19-30-26)17-21(3)18-27-31(28,29)23-15-13-20(2)14-16-23/h8-11,13-16,26-27H,4-7,12,18-19H2,1-3H3. The van der Waals surface area contributed by atoms with Crippen molar-refractivity contribution in [2.24, 2.45) is 0 Å². The van der Waals surface area contributed by atoms with Crippen molar-refractivity contribution in [3.05, 3.63) is 76.5 Å². The number of unbranched alkanes of at least 4 members (excludes halogenated alkanes) is 3. The molecule has 31 heavy (non-hydrogen) atoms. The van der Waals surface area contributed by atoms with Crippen LogP contribution in [0.4, 0.5) is 0 Å². The number of hydrogen-bond donors (Lipinski definition) is 1. The van der Waals surface area contributed by atoms with Gasteiger partial charge in [-0.1, -0.05) is 74.6 Å². The lowest BCUT2D eigenvalue weighted by atomic mass is 9.90. The molecule has 1 aliphatic heterocycles. The summed E-state index contributed by atoms with van der Waals surface area (Å²) >= 11 is 0. The third-order valence-corrected chi connectivity index (χ3v) is 7.01. The van der Waals surface area contributed by atoms with Crippen LogP contribution in [0.5, 0.6) is 0 Å². The Bertz CT molecular complexity index is 1050. The quantitative estimate of drug-likeness (QED) is 0.398. The predicted molar refractivity (Wildman–Crippen MR) is 126 cm³/mol. The second-order valence-corrected chi connectivity index (χ2v) is 10.0. The van der Waals surface area contributed by atoms with E-state index in [-0.39, 0.29) is 17.5 Å². The first-order valence-electron chi connectivity index (χ1n) is 11.1.